The number of amides is 4. The Morgan fingerprint density at radius 3 is 2.66 bits per heavy atom. The van der Waals surface area contributed by atoms with Gasteiger partial charge in [-0.05, 0) is 54.7 Å². The van der Waals surface area contributed by atoms with Crippen LogP contribution >= 0.6 is 0 Å². The van der Waals surface area contributed by atoms with E-state index in [1.165, 1.54) is 11.3 Å². The molecule has 4 amide bonds. The number of benzene rings is 1. The van der Waals surface area contributed by atoms with E-state index in [-0.39, 0.29) is 24.8 Å². The van der Waals surface area contributed by atoms with Gasteiger partial charge in [0.25, 0.3) is 5.91 Å². The standard InChI is InChI=1S/C22H27N3O4/c1-29-18-6-3-14(4-7-18)8-9-25-21(27)19(24-22(25)28)12-20(26)23-13-17-11-15-2-5-16(17)10-15/h2-7,15-17,19H,8-13H2,1H3,(H,23,26)(H,24,28)/t15-,16+,17+,19+/m1/s1. The van der Waals surface area contributed by atoms with E-state index >= 15 is 0 Å². The van der Waals surface area contributed by atoms with Crippen molar-refractivity contribution < 1.29 is 19.1 Å². The number of carbonyl (C=O) groups is 3. The molecule has 4 rings (SSSR count). The summed E-state index contributed by atoms with van der Waals surface area (Å²) in [5, 5.41) is 5.59. The number of ether oxygens (including phenoxy) is 1. The lowest BCUT2D eigenvalue weighted by Gasteiger charge is -2.19. The van der Waals surface area contributed by atoms with E-state index in [0.29, 0.717) is 30.7 Å². The van der Waals surface area contributed by atoms with Crippen LogP contribution in [0.15, 0.2) is 36.4 Å². The summed E-state index contributed by atoms with van der Waals surface area (Å²) in [4.78, 5) is 38.3. The fraction of sp³-hybridized carbons (Fsp3) is 0.500. The van der Waals surface area contributed by atoms with Crippen LogP contribution < -0.4 is 15.4 Å². The SMILES string of the molecule is COc1ccc(CCN2C(=O)N[C@@H](CC(=O)NC[C@@H]3C[C@@H]4C=C[C@H]3C4)C2=O)cc1. The molecule has 2 fully saturated rings. The smallest absolute Gasteiger partial charge is 0.324 e. The second-order valence-corrected chi connectivity index (χ2v) is 8.14. The number of fused-ring (bicyclic) bond motifs is 2. The van der Waals surface area contributed by atoms with Gasteiger partial charge in [-0.25, -0.2) is 4.79 Å². The molecule has 0 radical (unpaired) electrons. The monoisotopic (exact) mass is 397 g/mol. The van der Waals surface area contributed by atoms with E-state index in [0.717, 1.165) is 17.7 Å². The zero-order chi connectivity index (χ0) is 20.4. The first-order valence-electron chi connectivity index (χ1n) is 10.2. The molecule has 3 aliphatic rings. The second-order valence-electron chi connectivity index (χ2n) is 8.14. The maximum Gasteiger partial charge on any atom is 0.324 e. The van der Waals surface area contributed by atoms with Crippen molar-refractivity contribution in [3.05, 3.63) is 42.0 Å². The number of urea groups is 1. The Morgan fingerprint density at radius 1 is 1.21 bits per heavy atom. The highest BCUT2D eigenvalue weighted by molar-refractivity contribution is 6.05. The van der Waals surface area contributed by atoms with Crippen molar-refractivity contribution in [3.8, 4) is 5.75 Å². The lowest BCUT2D eigenvalue weighted by molar-refractivity contribution is -0.130. The average Bonchev–Trinajstić information content (AvgIpc) is 3.41. The Balaban J connectivity index is 1.23. The maximum absolute atomic E-state index is 12.6. The van der Waals surface area contributed by atoms with E-state index in [2.05, 4.69) is 22.8 Å². The fourth-order valence-corrected chi connectivity index (χ4v) is 4.59. The van der Waals surface area contributed by atoms with Gasteiger partial charge in [0.15, 0.2) is 0 Å². The molecule has 0 spiro atoms. The lowest BCUT2D eigenvalue weighted by atomic mass is 9.93. The molecule has 4 atom stereocenters. The van der Waals surface area contributed by atoms with Crippen LogP contribution in [0.1, 0.15) is 24.8 Å². The first kappa shape index (κ1) is 19.5. The van der Waals surface area contributed by atoms with Crippen molar-refractivity contribution in [2.75, 3.05) is 20.2 Å². The Bertz CT molecular complexity index is 820. The van der Waals surface area contributed by atoms with Gasteiger partial charge >= 0.3 is 6.03 Å². The highest BCUT2D eigenvalue weighted by Gasteiger charge is 2.39. The summed E-state index contributed by atoms with van der Waals surface area (Å²) in [7, 11) is 1.60. The maximum atomic E-state index is 12.6. The van der Waals surface area contributed by atoms with Crippen molar-refractivity contribution in [2.45, 2.75) is 31.7 Å². The third kappa shape index (κ3) is 4.28. The van der Waals surface area contributed by atoms with E-state index in [9.17, 15) is 14.4 Å². The van der Waals surface area contributed by atoms with Crippen molar-refractivity contribution in [2.24, 2.45) is 17.8 Å². The number of nitrogens with one attached hydrogen (secondary N) is 2. The minimum Gasteiger partial charge on any atom is -0.497 e. The minimum atomic E-state index is -0.779. The molecule has 2 aliphatic carbocycles. The first-order chi connectivity index (χ1) is 14.0. The van der Waals surface area contributed by atoms with Crippen molar-refractivity contribution in [1.29, 1.82) is 0 Å². The Morgan fingerprint density at radius 2 is 2.00 bits per heavy atom. The van der Waals surface area contributed by atoms with Crippen LogP contribution in [0.4, 0.5) is 4.79 Å². The van der Waals surface area contributed by atoms with Gasteiger partial charge in [0.05, 0.1) is 13.5 Å². The summed E-state index contributed by atoms with van der Waals surface area (Å²) in [5.74, 6) is 1.97. The molecule has 1 aromatic rings. The minimum absolute atomic E-state index is 0.0136. The molecule has 7 nitrogen and oxygen atoms in total. The van der Waals surface area contributed by atoms with E-state index in [4.69, 9.17) is 4.74 Å². The number of hydrogen-bond acceptors (Lipinski definition) is 4. The average molecular weight is 397 g/mol. The van der Waals surface area contributed by atoms with Crippen LogP contribution in [0.25, 0.3) is 0 Å². The van der Waals surface area contributed by atoms with Gasteiger partial charge in [-0.2, -0.15) is 0 Å². The zero-order valence-corrected chi connectivity index (χ0v) is 16.6. The largest absolute Gasteiger partial charge is 0.497 e. The third-order valence-electron chi connectivity index (χ3n) is 6.26. The highest BCUT2D eigenvalue weighted by atomic mass is 16.5. The van der Waals surface area contributed by atoms with Crippen molar-refractivity contribution in [1.82, 2.24) is 15.5 Å². The number of imide groups is 1. The van der Waals surface area contributed by atoms with Crippen LogP contribution in [0.3, 0.4) is 0 Å². The van der Waals surface area contributed by atoms with Crippen molar-refractivity contribution in [3.63, 3.8) is 0 Å². The summed E-state index contributed by atoms with van der Waals surface area (Å²) in [6.45, 7) is 0.924. The molecular weight excluding hydrogens is 370 g/mol. The predicted molar refractivity (Wildman–Crippen MR) is 107 cm³/mol. The third-order valence-corrected chi connectivity index (χ3v) is 6.26. The molecule has 2 N–H and O–H groups in total. The molecule has 1 aromatic carbocycles. The fourth-order valence-electron chi connectivity index (χ4n) is 4.59. The Hall–Kier alpha value is -2.83. The summed E-state index contributed by atoms with van der Waals surface area (Å²) < 4.78 is 5.13. The molecule has 1 saturated carbocycles. The van der Waals surface area contributed by atoms with Crippen LogP contribution in [0.2, 0.25) is 0 Å². The van der Waals surface area contributed by atoms with Gasteiger partial charge in [-0.1, -0.05) is 24.3 Å². The number of hydrogen-bond donors (Lipinski definition) is 2. The highest BCUT2D eigenvalue weighted by Crippen LogP contribution is 2.42. The lowest BCUT2D eigenvalue weighted by Crippen LogP contribution is -2.38. The number of carbonyl (C=O) groups excluding carboxylic acids is 3. The summed E-state index contributed by atoms with van der Waals surface area (Å²) in [6, 6.07) is 6.30. The van der Waals surface area contributed by atoms with Crippen LogP contribution in [0, 0.1) is 17.8 Å². The molecule has 1 heterocycles. The van der Waals surface area contributed by atoms with Crippen LogP contribution in [0.5, 0.6) is 5.75 Å². The number of rotatable bonds is 8. The number of nitrogens with zero attached hydrogens (tertiary/aromatic N) is 1. The second kappa shape index (κ2) is 8.27. The van der Waals surface area contributed by atoms with E-state index in [1.807, 2.05) is 24.3 Å². The summed E-state index contributed by atoms with van der Waals surface area (Å²) >= 11 is 0. The molecule has 1 saturated heterocycles. The van der Waals surface area contributed by atoms with Gasteiger partial charge < -0.3 is 15.4 Å². The molecule has 0 aromatic heterocycles. The molecule has 7 heteroatoms. The Labute approximate surface area is 170 Å². The van der Waals surface area contributed by atoms with Gasteiger partial charge in [-0.3, -0.25) is 14.5 Å². The van der Waals surface area contributed by atoms with Crippen molar-refractivity contribution >= 4 is 17.8 Å². The molecule has 2 bridgehead atoms. The number of methoxy groups -OCH3 is 1. The quantitative estimate of drug-likeness (QED) is 0.518. The van der Waals surface area contributed by atoms with Gasteiger partial charge in [0, 0.05) is 13.1 Å². The van der Waals surface area contributed by atoms with Crippen LogP contribution in [-0.4, -0.2) is 49.0 Å². The van der Waals surface area contributed by atoms with E-state index < -0.39 is 12.1 Å². The molecule has 154 valence electrons. The first-order valence-corrected chi connectivity index (χ1v) is 10.2. The molecule has 0 unspecified atom stereocenters. The summed E-state index contributed by atoms with van der Waals surface area (Å²) in [6.07, 6.45) is 7.39. The predicted octanol–water partition coefficient (Wildman–Crippen LogP) is 1.88. The molecule has 1 aliphatic heterocycles. The normalized spacial score (nSPS) is 27.4. The zero-order valence-electron chi connectivity index (χ0n) is 16.6. The van der Waals surface area contributed by atoms with Gasteiger partial charge in [0.1, 0.15) is 11.8 Å². The van der Waals surface area contributed by atoms with Gasteiger partial charge in [0.2, 0.25) is 5.91 Å². The van der Waals surface area contributed by atoms with Gasteiger partial charge in [-0.15, -0.1) is 0 Å². The summed E-state index contributed by atoms with van der Waals surface area (Å²) in [5.41, 5.74) is 1.01. The molecule has 29 heavy (non-hydrogen) atoms. The van der Waals surface area contributed by atoms with Crippen LogP contribution in [-0.2, 0) is 16.0 Å². The number of allylic oxidation sites excluding steroid dienone is 2. The topological polar surface area (TPSA) is 87.7 Å². The molecular formula is C22H27N3O4. The van der Waals surface area contributed by atoms with E-state index in [1.54, 1.807) is 7.11 Å². The Kier molecular flexibility index (Phi) is 5.56.